The van der Waals surface area contributed by atoms with Crippen LogP contribution in [0.4, 0.5) is 0 Å². The van der Waals surface area contributed by atoms with Crippen molar-refractivity contribution in [2.45, 2.75) is 38.9 Å². The second-order valence-electron chi connectivity index (χ2n) is 6.89. The van der Waals surface area contributed by atoms with Crippen molar-refractivity contribution in [1.29, 1.82) is 0 Å². The molecule has 2 aromatic heterocycles. The largest absolute Gasteiger partial charge is 0.497 e. The highest BCUT2D eigenvalue weighted by molar-refractivity contribution is 6.66. The molecule has 0 unspecified atom stereocenters. The quantitative estimate of drug-likeness (QED) is 0.501. The van der Waals surface area contributed by atoms with Crippen LogP contribution in [0, 0.1) is 0 Å². The van der Waals surface area contributed by atoms with Gasteiger partial charge in [-0.3, -0.25) is 0 Å². The lowest BCUT2D eigenvalue weighted by molar-refractivity contribution is 0.00578. The van der Waals surface area contributed by atoms with Gasteiger partial charge in [-0.05, 0) is 33.8 Å². The second-order valence-corrected chi connectivity index (χ2v) is 7.25. The third-order valence-corrected chi connectivity index (χ3v) is 5.16. The van der Waals surface area contributed by atoms with Crippen molar-refractivity contribution in [3.05, 3.63) is 35.6 Å². The van der Waals surface area contributed by atoms with Crippen LogP contribution >= 0.6 is 11.6 Å². The predicted molar refractivity (Wildman–Crippen MR) is 92.2 cm³/mol. The van der Waals surface area contributed by atoms with Crippen LogP contribution < -0.4 is 5.46 Å². The van der Waals surface area contributed by atoms with Gasteiger partial charge < -0.3 is 13.7 Å². The molecule has 1 fully saturated rings. The number of para-hydroxylation sites is 1. The molecule has 0 N–H and O–H groups in total. The monoisotopic (exact) mass is 329 g/mol. The lowest BCUT2D eigenvalue weighted by Gasteiger charge is -2.32. The zero-order chi connectivity index (χ0) is 16.4. The minimum Gasteiger partial charge on any atom is -0.453 e. The molecule has 0 saturated carbocycles. The van der Waals surface area contributed by atoms with Crippen molar-refractivity contribution in [3.8, 4) is 0 Å². The van der Waals surface area contributed by atoms with E-state index in [4.69, 9.17) is 25.3 Å². The van der Waals surface area contributed by atoms with Gasteiger partial charge in [0.25, 0.3) is 0 Å². The zero-order valence-electron chi connectivity index (χ0n) is 13.5. The number of nitrogens with zero attached hydrogens (tertiary/aromatic N) is 1. The summed E-state index contributed by atoms with van der Waals surface area (Å²) >= 11 is 6.23. The minimum atomic E-state index is -0.506. The molecule has 0 bridgehead atoms. The number of pyridine rings is 1. The maximum atomic E-state index is 6.23. The summed E-state index contributed by atoms with van der Waals surface area (Å²) in [5.41, 5.74) is 1.36. The lowest BCUT2D eigenvalue weighted by atomic mass is 9.77. The molecular weight excluding hydrogens is 312 g/mol. The maximum Gasteiger partial charge on any atom is 0.497 e. The first-order valence-corrected chi connectivity index (χ1v) is 7.99. The van der Waals surface area contributed by atoms with Gasteiger partial charge in [0.15, 0.2) is 10.7 Å². The van der Waals surface area contributed by atoms with E-state index in [9.17, 15) is 0 Å². The van der Waals surface area contributed by atoms with E-state index in [1.54, 1.807) is 6.20 Å². The number of benzene rings is 1. The Morgan fingerprint density at radius 2 is 1.70 bits per heavy atom. The van der Waals surface area contributed by atoms with Crippen LogP contribution in [-0.4, -0.2) is 23.3 Å². The van der Waals surface area contributed by atoms with Crippen molar-refractivity contribution >= 4 is 46.1 Å². The number of furan rings is 1. The van der Waals surface area contributed by atoms with Crippen LogP contribution in [-0.2, 0) is 9.31 Å². The summed E-state index contributed by atoms with van der Waals surface area (Å²) in [6.45, 7) is 8.12. The topological polar surface area (TPSA) is 44.5 Å². The van der Waals surface area contributed by atoms with Crippen LogP contribution in [0.15, 0.2) is 34.9 Å². The number of hydrogen-bond donors (Lipinski definition) is 0. The highest BCUT2D eigenvalue weighted by Crippen LogP contribution is 2.38. The molecule has 1 aromatic carbocycles. The smallest absolute Gasteiger partial charge is 0.453 e. The van der Waals surface area contributed by atoms with Crippen LogP contribution in [0.2, 0.25) is 5.15 Å². The first-order chi connectivity index (χ1) is 10.8. The van der Waals surface area contributed by atoms with E-state index < -0.39 is 18.3 Å². The van der Waals surface area contributed by atoms with E-state index in [0.717, 1.165) is 21.8 Å². The van der Waals surface area contributed by atoms with Crippen molar-refractivity contribution in [2.24, 2.45) is 0 Å². The van der Waals surface area contributed by atoms with Crippen molar-refractivity contribution in [3.63, 3.8) is 0 Å². The Morgan fingerprint density at radius 3 is 2.39 bits per heavy atom. The van der Waals surface area contributed by atoms with Gasteiger partial charge in [0.05, 0.1) is 11.2 Å². The molecule has 4 rings (SSSR count). The molecule has 1 aliphatic heterocycles. The highest BCUT2D eigenvalue weighted by Gasteiger charge is 2.52. The van der Waals surface area contributed by atoms with E-state index >= 15 is 0 Å². The van der Waals surface area contributed by atoms with Crippen LogP contribution in [0.25, 0.3) is 21.9 Å². The molecule has 0 spiro atoms. The number of fused-ring (bicyclic) bond motifs is 3. The first kappa shape index (κ1) is 15.0. The summed E-state index contributed by atoms with van der Waals surface area (Å²) in [6.07, 6.45) is 1.72. The molecule has 118 valence electrons. The van der Waals surface area contributed by atoms with Crippen LogP contribution in [0.3, 0.4) is 0 Å². The number of halogens is 1. The van der Waals surface area contributed by atoms with E-state index in [0.29, 0.717) is 10.7 Å². The fourth-order valence-electron chi connectivity index (χ4n) is 2.88. The van der Waals surface area contributed by atoms with E-state index in [-0.39, 0.29) is 0 Å². The Bertz CT molecular complexity index is 903. The molecule has 0 amide bonds. The molecule has 3 aromatic rings. The van der Waals surface area contributed by atoms with Crippen molar-refractivity contribution in [1.82, 2.24) is 4.98 Å². The minimum absolute atomic E-state index is 0.344. The van der Waals surface area contributed by atoms with E-state index in [2.05, 4.69) is 4.98 Å². The van der Waals surface area contributed by atoms with E-state index in [1.165, 1.54) is 0 Å². The standard InChI is InChI=1S/C17H17BClNO3/c1-16(2)17(3,4)23-18(22-16)11-9-20-15(19)14-13(11)10-7-5-6-8-12(10)21-14/h5-9H,1-4H3. The molecule has 0 atom stereocenters. The number of aromatic nitrogens is 1. The van der Waals surface area contributed by atoms with Gasteiger partial charge in [-0.15, -0.1) is 0 Å². The Balaban J connectivity index is 1.97. The molecule has 23 heavy (non-hydrogen) atoms. The third-order valence-electron chi connectivity index (χ3n) is 4.90. The number of rotatable bonds is 1. The summed E-state index contributed by atoms with van der Waals surface area (Å²) in [5.74, 6) is 0. The molecule has 0 aliphatic carbocycles. The summed E-state index contributed by atoms with van der Waals surface area (Å²) in [7, 11) is -0.506. The van der Waals surface area contributed by atoms with Gasteiger partial charge in [0.1, 0.15) is 5.58 Å². The van der Waals surface area contributed by atoms with Gasteiger partial charge in [-0.25, -0.2) is 4.98 Å². The van der Waals surface area contributed by atoms with Crippen LogP contribution in [0.5, 0.6) is 0 Å². The zero-order valence-corrected chi connectivity index (χ0v) is 14.3. The molecular formula is C17H17BClNO3. The summed E-state index contributed by atoms with van der Waals surface area (Å²) < 4.78 is 18.2. The van der Waals surface area contributed by atoms with Crippen molar-refractivity contribution in [2.75, 3.05) is 0 Å². The summed E-state index contributed by atoms with van der Waals surface area (Å²) in [4.78, 5) is 4.25. The van der Waals surface area contributed by atoms with Crippen molar-refractivity contribution < 1.29 is 13.7 Å². The Morgan fingerprint density at radius 1 is 1.04 bits per heavy atom. The first-order valence-electron chi connectivity index (χ1n) is 7.61. The molecule has 3 heterocycles. The highest BCUT2D eigenvalue weighted by atomic mass is 35.5. The average molecular weight is 330 g/mol. The summed E-state index contributed by atoms with van der Waals surface area (Å²) in [5, 5.41) is 2.23. The van der Waals surface area contributed by atoms with E-state index in [1.807, 2.05) is 52.0 Å². The molecule has 1 aliphatic rings. The SMILES string of the molecule is CC1(C)OB(c2cnc(Cl)c3oc4ccccc4c23)OC1(C)C. The molecule has 1 saturated heterocycles. The molecule has 0 radical (unpaired) electrons. The third kappa shape index (κ3) is 2.11. The Hall–Kier alpha value is -1.56. The molecule has 4 nitrogen and oxygen atoms in total. The Kier molecular flexibility index (Phi) is 3.08. The van der Waals surface area contributed by atoms with Gasteiger partial charge in [0.2, 0.25) is 0 Å². The molecule has 6 heteroatoms. The van der Waals surface area contributed by atoms with Gasteiger partial charge in [-0.2, -0.15) is 0 Å². The van der Waals surface area contributed by atoms with Gasteiger partial charge >= 0.3 is 7.12 Å². The van der Waals surface area contributed by atoms with Gasteiger partial charge in [0, 0.05) is 22.4 Å². The number of hydrogen-bond acceptors (Lipinski definition) is 4. The fourth-order valence-corrected chi connectivity index (χ4v) is 3.06. The van der Waals surface area contributed by atoms with Crippen LogP contribution in [0.1, 0.15) is 27.7 Å². The fraction of sp³-hybridized carbons (Fsp3) is 0.353. The average Bonchev–Trinajstić information content (AvgIpc) is 2.96. The predicted octanol–water partition coefficient (Wildman–Crippen LogP) is 3.93. The maximum absolute atomic E-state index is 6.23. The second kappa shape index (κ2) is 4.73. The lowest BCUT2D eigenvalue weighted by Crippen LogP contribution is -2.41. The summed E-state index contributed by atoms with van der Waals surface area (Å²) in [6, 6.07) is 7.83. The Labute approximate surface area is 139 Å². The normalized spacial score (nSPS) is 19.8. The van der Waals surface area contributed by atoms with Gasteiger partial charge in [-0.1, -0.05) is 29.8 Å².